The molecule has 108 valence electrons. The molecule has 0 amide bonds. The van der Waals surface area contributed by atoms with Crippen molar-refractivity contribution in [1.29, 1.82) is 0 Å². The molecule has 0 aliphatic heterocycles. The third-order valence-corrected chi connectivity index (χ3v) is 3.77. The summed E-state index contributed by atoms with van der Waals surface area (Å²) in [5.74, 6) is 0.777. The van der Waals surface area contributed by atoms with E-state index >= 15 is 0 Å². The molecule has 0 atom stereocenters. The van der Waals surface area contributed by atoms with Crippen LogP contribution in [0.5, 0.6) is 0 Å². The van der Waals surface area contributed by atoms with Crippen molar-refractivity contribution in [1.82, 2.24) is 14.5 Å². The minimum absolute atomic E-state index is 0.777. The number of hydrogen-bond acceptors (Lipinski definition) is 3. The topological polar surface area (TPSA) is 43.3 Å². The van der Waals surface area contributed by atoms with Gasteiger partial charge in [0.2, 0.25) is 0 Å². The zero-order valence-corrected chi connectivity index (χ0v) is 12.4. The zero-order valence-electron chi connectivity index (χ0n) is 12.4. The van der Waals surface area contributed by atoms with Gasteiger partial charge in [0.05, 0.1) is 11.3 Å². The molecule has 0 bridgehead atoms. The van der Waals surface area contributed by atoms with Crippen LogP contribution < -0.4 is 0 Å². The minimum atomic E-state index is 0.777. The Balaban J connectivity index is 1.93. The summed E-state index contributed by atoms with van der Waals surface area (Å²) in [6.45, 7) is 3.99. The van der Waals surface area contributed by atoms with Gasteiger partial charge in [0.1, 0.15) is 17.1 Å². The van der Waals surface area contributed by atoms with Crippen LogP contribution >= 0.6 is 0 Å². The molecule has 0 radical (unpaired) electrons. The summed E-state index contributed by atoms with van der Waals surface area (Å²) < 4.78 is 7.46. The van der Waals surface area contributed by atoms with Crippen molar-refractivity contribution in [2.24, 2.45) is 0 Å². The number of rotatable bonds is 2. The summed E-state index contributed by atoms with van der Waals surface area (Å²) in [5.41, 5.74) is 5.80. The lowest BCUT2D eigenvalue weighted by molar-refractivity contribution is 0.400. The Bertz CT molecular complexity index is 951. The first-order chi connectivity index (χ1) is 10.7. The molecule has 3 heterocycles. The van der Waals surface area contributed by atoms with Crippen LogP contribution in [0.3, 0.4) is 0 Å². The van der Waals surface area contributed by atoms with Crippen LogP contribution in [0.1, 0.15) is 11.3 Å². The Morgan fingerprint density at radius 3 is 2.59 bits per heavy atom. The third-order valence-electron chi connectivity index (χ3n) is 3.77. The standard InChI is InChI=1S/C18H15N3O/c1-12-8-9-16-19-15(11-21(16)10-12)17-13(2)22-20-18(17)14-6-4-3-5-7-14/h3-11H,1-2H3. The zero-order chi connectivity index (χ0) is 15.1. The molecule has 4 heteroatoms. The van der Waals surface area contributed by atoms with Gasteiger partial charge in [0, 0.05) is 18.0 Å². The van der Waals surface area contributed by atoms with Crippen molar-refractivity contribution in [3.63, 3.8) is 0 Å². The van der Waals surface area contributed by atoms with Crippen LogP contribution in [0, 0.1) is 13.8 Å². The maximum absolute atomic E-state index is 5.42. The first kappa shape index (κ1) is 12.8. The predicted octanol–water partition coefficient (Wildman–Crippen LogP) is 4.27. The number of fused-ring (bicyclic) bond motifs is 1. The van der Waals surface area contributed by atoms with E-state index in [0.717, 1.165) is 33.9 Å². The van der Waals surface area contributed by atoms with Crippen molar-refractivity contribution >= 4 is 5.65 Å². The Hall–Kier alpha value is -2.88. The maximum Gasteiger partial charge on any atom is 0.143 e. The lowest BCUT2D eigenvalue weighted by Crippen LogP contribution is -1.83. The van der Waals surface area contributed by atoms with Crippen LogP contribution in [0.25, 0.3) is 28.2 Å². The van der Waals surface area contributed by atoms with E-state index in [4.69, 9.17) is 9.51 Å². The molecule has 0 unspecified atom stereocenters. The SMILES string of the molecule is Cc1ccc2nc(-c3c(-c4ccccc4)noc3C)cn2c1. The average molecular weight is 289 g/mol. The molecular formula is C18H15N3O. The van der Waals surface area contributed by atoms with Crippen molar-refractivity contribution in [2.75, 3.05) is 0 Å². The average Bonchev–Trinajstić information content (AvgIpc) is 3.10. The second kappa shape index (κ2) is 4.84. The summed E-state index contributed by atoms with van der Waals surface area (Å²) in [5, 5.41) is 4.23. The van der Waals surface area contributed by atoms with Crippen molar-refractivity contribution < 1.29 is 4.52 Å². The highest BCUT2D eigenvalue weighted by Gasteiger charge is 2.19. The first-order valence-corrected chi connectivity index (χ1v) is 7.20. The largest absolute Gasteiger partial charge is 0.360 e. The predicted molar refractivity (Wildman–Crippen MR) is 85.6 cm³/mol. The van der Waals surface area contributed by atoms with Gasteiger partial charge in [-0.15, -0.1) is 0 Å². The summed E-state index contributed by atoms with van der Waals surface area (Å²) in [6.07, 6.45) is 4.09. The Morgan fingerprint density at radius 1 is 0.955 bits per heavy atom. The number of pyridine rings is 1. The van der Waals surface area contributed by atoms with Crippen LogP contribution in [0.2, 0.25) is 0 Å². The van der Waals surface area contributed by atoms with Gasteiger partial charge in [-0.25, -0.2) is 4.98 Å². The number of benzene rings is 1. The van der Waals surface area contributed by atoms with Gasteiger partial charge in [-0.3, -0.25) is 0 Å². The van der Waals surface area contributed by atoms with Crippen LogP contribution in [-0.2, 0) is 0 Å². The van der Waals surface area contributed by atoms with E-state index in [1.165, 1.54) is 5.56 Å². The van der Waals surface area contributed by atoms with Gasteiger partial charge < -0.3 is 8.92 Å². The highest BCUT2D eigenvalue weighted by Crippen LogP contribution is 2.33. The molecule has 0 saturated heterocycles. The van der Waals surface area contributed by atoms with Crippen LogP contribution in [0.15, 0.2) is 59.4 Å². The first-order valence-electron chi connectivity index (χ1n) is 7.20. The normalized spacial score (nSPS) is 11.2. The highest BCUT2D eigenvalue weighted by atomic mass is 16.5. The molecule has 0 aliphatic carbocycles. The quantitative estimate of drug-likeness (QED) is 0.553. The summed E-state index contributed by atoms with van der Waals surface area (Å²) in [6, 6.07) is 14.1. The molecule has 0 fully saturated rings. The minimum Gasteiger partial charge on any atom is -0.360 e. The fourth-order valence-electron chi connectivity index (χ4n) is 2.69. The summed E-state index contributed by atoms with van der Waals surface area (Å²) >= 11 is 0. The Kier molecular flexibility index (Phi) is 2.82. The van der Waals surface area contributed by atoms with Gasteiger partial charge in [-0.2, -0.15) is 0 Å². The van der Waals surface area contributed by atoms with E-state index < -0.39 is 0 Å². The lowest BCUT2D eigenvalue weighted by atomic mass is 10.0. The summed E-state index contributed by atoms with van der Waals surface area (Å²) in [7, 11) is 0. The molecule has 0 saturated carbocycles. The maximum atomic E-state index is 5.42. The van der Waals surface area contributed by atoms with E-state index in [2.05, 4.69) is 24.3 Å². The van der Waals surface area contributed by atoms with Gasteiger partial charge in [-0.05, 0) is 25.5 Å². The number of nitrogens with zero attached hydrogens (tertiary/aromatic N) is 3. The molecule has 0 aliphatic rings. The Labute approximate surface area is 128 Å². The monoisotopic (exact) mass is 289 g/mol. The molecule has 1 aromatic carbocycles. The number of imidazole rings is 1. The molecule has 3 aromatic heterocycles. The van der Waals surface area contributed by atoms with Gasteiger partial charge >= 0.3 is 0 Å². The number of hydrogen-bond donors (Lipinski definition) is 0. The molecule has 0 spiro atoms. The van der Waals surface area contributed by atoms with E-state index in [9.17, 15) is 0 Å². The van der Waals surface area contributed by atoms with E-state index in [1.54, 1.807) is 0 Å². The van der Waals surface area contributed by atoms with Crippen molar-refractivity contribution in [3.05, 3.63) is 66.2 Å². The van der Waals surface area contributed by atoms with Gasteiger partial charge in [-0.1, -0.05) is 41.6 Å². The third kappa shape index (κ3) is 2.00. The van der Waals surface area contributed by atoms with E-state index in [1.807, 2.05) is 53.9 Å². The van der Waals surface area contributed by atoms with Crippen molar-refractivity contribution in [3.8, 4) is 22.5 Å². The molecule has 22 heavy (non-hydrogen) atoms. The van der Waals surface area contributed by atoms with Crippen molar-refractivity contribution in [2.45, 2.75) is 13.8 Å². The number of aromatic nitrogens is 3. The fraction of sp³-hybridized carbons (Fsp3) is 0.111. The fourth-order valence-corrected chi connectivity index (χ4v) is 2.69. The van der Waals surface area contributed by atoms with Gasteiger partial charge in [0.15, 0.2) is 0 Å². The molecule has 4 nitrogen and oxygen atoms in total. The lowest BCUT2D eigenvalue weighted by Gasteiger charge is -1.99. The van der Waals surface area contributed by atoms with Gasteiger partial charge in [0.25, 0.3) is 0 Å². The second-order valence-corrected chi connectivity index (χ2v) is 5.43. The van der Waals surface area contributed by atoms with Crippen LogP contribution in [0.4, 0.5) is 0 Å². The molecule has 4 rings (SSSR count). The molecule has 4 aromatic rings. The molecular weight excluding hydrogens is 274 g/mol. The second-order valence-electron chi connectivity index (χ2n) is 5.43. The van der Waals surface area contributed by atoms with Crippen LogP contribution in [-0.4, -0.2) is 14.5 Å². The number of aryl methyl sites for hydroxylation is 2. The highest BCUT2D eigenvalue weighted by molar-refractivity contribution is 5.80. The van der Waals surface area contributed by atoms with E-state index in [0.29, 0.717) is 0 Å². The molecule has 0 N–H and O–H groups in total. The summed E-state index contributed by atoms with van der Waals surface area (Å²) in [4.78, 5) is 4.71. The van der Waals surface area contributed by atoms with E-state index in [-0.39, 0.29) is 0 Å². The Morgan fingerprint density at radius 2 is 1.77 bits per heavy atom. The smallest absolute Gasteiger partial charge is 0.143 e.